The molecule has 4 aromatic rings. The molecule has 1 aliphatic carbocycles. The molecule has 2 N–H and O–H groups in total. The number of amides is 1. The molecule has 1 saturated carbocycles. The summed E-state index contributed by atoms with van der Waals surface area (Å²) in [6, 6.07) is 5.60. The van der Waals surface area contributed by atoms with Crippen molar-refractivity contribution < 1.29 is 13.9 Å². The Bertz CT molecular complexity index is 1340. The van der Waals surface area contributed by atoms with Gasteiger partial charge in [-0.1, -0.05) is 0 Å². The van der Waals surface area contributed by atoms with Gasteiger partial charge in [0.2, 0.25) is 0 Å². The molecule has 2 aliphatic rings. The van der Waals surface area contributed by atoms with Crippen molar-refractivity contribution in [3.05, 3.63) is 42.4 Å². The lowest BCUT2D eigenvalue weighted by Gasteiger charge is -2.30. The van der Waals surface area contributed by atoms with E-state index in [1.807, 2.05) is 24.4 Å². The smallest absolute Gasteiger partial charge is 0.257 e. The number of rotatable bonds is 5. The Morgan fingerprint density at radius 1 is 1.28 bits per heavy atom. The molecule has 9 nitrogen and oxygen atoms in total. The second-order valence-electron chi connectivity index (χ2n) is 8.26. The first-order valence-corrected chi connectivity index (χ1v) is 10.7. The molecule has 2 fully saturated rings. The van der Waals surface area contributed by atoms with Crippen LogP contribution in [0.5, 0.6) is 0 Å². The summed E-state index contributed by atoms with van der Waals surface area (Å²) in [5, 5.41) is 11.2. The highest BCUT2D eigenvalue weighted by atomic mass is 19.1. The van der Waals surface area contributed by atoms with Gasteiger partial charge >= 0.3 is 0 Å². The highest BCUT2D eigenvalue weighted by Gasteiger charge is 2.33. The van der Waals surface area contributed by atoms with E-state index >= 15 is 0 Å². The summed E-state index contributed by atoms with van der Waals surface area (Å²) in [5.41, 5.74) is 3.20. The number of aromatic nitrogens is 5. The maximum Gasteiger partial charge on any atom is 0.257 e. The van der Waals surface area contributed by atoms with Gasteiger partial charge in [-0.3, -0.25) is 4.79 Å². The lowest BCUT2D eigenvalue weighted by atomic mass is 9.90. The number of nitrogens with zero attached hydrogens (tertiary/aromatic N) is 5. The normalized spacial score (nSPS) is 20.8. The minimum atomic E-state index is -0.994. The summed E-state index contributed by atoms with van der Waals surface area (Å²) < 4.78 is 22.8. The predicted octanol–water partition coefficient (Wildman–Crippen LogP) is 2.59. The Morgan fingerprint density at radius 3 is 2.84 bits per heavy atom. The number of ether oxygens (including phenoxy) is 1. The maximum atomic E-state index is 13.7. The van der Waals surface area contributed by atoms with E-state index in [4.69, 9.17) is 9.72 Å². The van der Waals surface area contributed by atoms with Crippen LogP contribution < -0.4 is 10.6 Å². The monoisotopic (exact) mass is 435 g/mol. The number of anilines is 1. The Balaban J connectivity index is 1.48. The topological polar surface area (TPSA) is 98.4 Å². The van der Waals surface area contributed by atoms with E-state index in [1.54, 1.807) is 17.8 Å². The fourth-order valence-electron chi connectivity index (χ4n) is 4.26. The van der Waals surface area contributed by atoms with Gasteiger partial charge in [-0.25, -0.2) is 14.4 Å². The molecular weight excluding hydrogens is 413 g/mol. The van der Waals surface area contributed by atoms with E-state index < -0.39 is 12.2 Å². The van der Waals surface area contributed by atoms with Crippen molar-refractivity contribution in [2.24, 2.45) is 0 Å². The van der Waals surface area contributed by atoms with Crippen molar-refractivity contribution in [2.45, 2.75) is 31.1 Å². The predicted molar refractivity (Wildman–Crippen MR) is 117 cm³/mol. The van der Waals surface area contributed by atoms with Crippen LogP contribution in [-0.2, 0) is 4.74 Å². The summed E-state index contributed by atoms with van der Waals surface area (Å²) in [6.07, 6.45) is 5.42. The highest BCUT2D eigenvalue weighted by Crippen LogP contribution is 2.34. The van der Waals surface area contributed by atoms with E-state index in [0.717, 1.165) is 16.6 Å². The zero-order valence-electron chi connectivity index (χ0n) is 17.5. The molecule has 0 bridgehead atoms. The first-order valence-electron chi connectivity index (χ1n) is 10.7. The highest BCUT2D eigenvalue weighted by molar-refractivity contribution is 6.01. The molecule has 164 valence electrons. The van der Waals surface area contributed by atoms with Crippen LogP contribution in [0.4, 0.5) is 10.2 Å². The van der Waals surface area contributed by atoms with E-state index in [1.165, 1.54) is 6.20 Å². The number of halogens is 1. The van der Waals surface area contributed by atoms with Crippen molar-refractivity contribution in [3.8, 4) is 11.3 Å². The Kier molecular flexibility index (Phi) is 4.35. The number of hydrogen-bond acceptors (Lipinski definition) is 6. The molecule has 5 heterocycles. The summed E-state index contributed by atoms with van der Waals surface area (Å²) in [4.78, 5) is 22.2. The lowest BCUT2D eigenvalue weighted by molar-refractivity contribution is -0.0215. The summed E-state index contributed by atoms with van der Waals surface area (Å²) >= 11 is 0. The molecule has 0 aromatic carbocycles. The number of nitrogens with one attached hydrogen (secondary N) is 2. The molecule has 6 rings (SSSR count). The maximum absolute atomic E-state index is 13.7. The van der Waals surface area contributed by atoms with E-state index in [0.29, 0.717) is 48.8 Å². The van der Waals surface area contributed by atoms with Gasteiger partial charge in [0.1, 0.15) is 23.2 Å². The Hall–Kier alpha value is -3.53. The van der Waals surface area contributed by atoms with Crippen LogP contribution in [0.15, 0.2) is 36.8 Å². The van der Waals surface area contributed by atoms with Crippen molar-refractivity contribution in [2.75, 3.05) is 25.6 Å². The second-order valence-corrected chi connectivity index (χ2v) is 8.26. The largest absolute Gasteiger partial charge is 0.377 e. The average molecular weight is 435 g/mol. The molecule has 32 heavy (non-hydrogen) atoms. The van der Waals surface area contributed by atoms with Crippen LogP contribution in [0.25, 0.3) is 27.9 Å². The fraction of sp³-hybridized carbons (Fsp3) is 0.364. The van der Waals surface area contributed by atoms with Crippen molar-refractivity contribution in [1.29, 1.82) is 0 Å². The van der Waals surface area contributed by atoms with Gasteiger partial charge in [-0.05, 0) is 25.0 Å². The van der Waals surface area contributed by atoms with Gasteiger partial charge in [0.05, 0.1) is 37.2 Å². The standard InChI is InChI=1S/C22H22FN7O2/c1-24-19-7-18(15-9-29(12-10-32-11-12)20-13(15)3-2-6-25-20)27-21-14(8-26-30(19)21)22(31)28-17-5-4-16(17)23/h2-3,6-9,12,16-17,24H,4-5,10-11H2,1H3,(H,28,31)/t16-,17?/m0/s1. The van der Waals surface area contributed by atoms with Crippen molar-refractivity contribution in [3.63, 3.8) is 0 Å². The van der Waals surface area contributed by atoms with Crippen LogP contribution in [-0.4, -0.2) is 62.5 Å². The first kappa shape index (κ1) is 19.2. The summed E-state index contributed by atoms with van der Waals surface area (Å²) in [6.45, 7) is 1.30. The van der Waals surface area contributed by atoms with Gasteiger partial charge < -0.3 is 19.9 Å². The van der Waals surface area contributed by atoms with Crippen LogP contribution in [0.3, 0.4) is 0 Å². The number of carbonyl (C=O) groups is 1. The molecule has 1 amide bonds. The number of hydrogen-bond donors (Lipinski definition) is 2. The zero-order valence-corrected chi connectivity index (χ0v) is 17.5. The van der Waals surface area contributed by atoms with E-state index in [2.05, 4.69) is 25.3 Å². The van der Waals surface area contributed by atoms with Crippen molar-refractivity contribution in [1.82, 2.24) is 29.5 Å². The molecule has 4 aromatic heterocycles. The first-order chi connectivity index (χ1) is 15.6. The van der Waals surface area contributed by atoms with Gasteiger partial charge in [0.15, 0.2) is 5.65 Å². The van der Waals surface area contributed by atoms with E-state index in [9.17, 15) is 9.18 Å². The van der Waals surface area contributed by atoms with Crippen LogP contribution in [0.1, 0.15) is 29.2 Å². The van der Waals surface area contributed by atoms with Crippen LogP contribution >= 0.6 is 0 Å². The van der Waals surface area contributed by atoms with Gasteiger partial charge in [0, 0.05) is 36.5 Å². The summed E-state index contributed by atoms with van der Waals surface area (Å²) in [5.74, 6) is 0.322. The van der Waals surface area contributed by atoms with Gasteiger partial charge in [-0.15, -0.1) is 0 Å². The lowest BCUT2D eigenvalue weighted by Crippen LogP contribution is -2.48. The third kappa shape index (κ3) is 2.86. The number of alkyl halides is 1. The minimum Gasteiger partial charge on any atom is -0.377 e. The number of carbonyl (C=O) groups excluding carboxylic acids is 1. The van der Waals surface area contributed by atoms with Gasteiger partial charge in [0.25, 0.3) is 5.91 Å². The average Bonchev–Trinajstić information content (AvgIpc) is 3.37. The van der Waals surface area contributed by atoms with Crippen molar-refractivity contribution >= 4 is 28.4 Å². The van der Waals surface area contributed by atoms with E-state index in [-0.39, 0.29) is 11.9 Å². The number of fused-ring (bicyclic) bond motifs is 2. The molecule has 10 heteroatoms. The molecule has 1 unspecified atom stereocenters. The molecule has 0 radical (unpaired) electrons. The molecule has 1 aliphatic heterocycles. The number of pyridine rings is 1. The molecule has 1 saturated heterocycles. The third-order valence-electron chi connectivity index (χ3n) is 6.36. The quantitative estimate of drug-likeness (QED) is 0.500. The Morgan fingerprint density at radius 2 is 2.16 bits per heavy atom. The van der Waals surface area contributed by atoms with Crippen LogP contribution in [0, 0.1) is 0 Å². The molecular formula is C22H22FN7O2. The van der Waals surface area contributed by atoms with Crippen LogP contribution in [0.2, 0.25) is 0 Å². The summed E-state index contributed by atoms with van der Waals surface area (Å²) in [7, 11) is 1.79. The third-order valence-corrected chi connectivity index (χ3v) is 6.36. The fourth-order valence-corrected chi connectivity index (χ4v) is 4.26. The minimum absolute atomic E-state index is 0.237. The molecule has 2 atom stereocenters. The second kappa shape index (κ2) is 7.27. The Labute approximate surface area is 182 Å². The van der Waals surface area contributed by atoms with Gasteiger partial charge in [-0.2, -0.15) is 9.61 Å². The zero-order chi connectivity index (χ0) is 21.8. The molecule has 0 spiro atoms. The SMILES string of the molecule is CNc1cc(-c2cn(C3COC3)c3ncccc23)nc2c(C(=O)NC3CC[C@@H]3F)cnn12.